The van der Waals surface area contributed by atoms with E-state index in [0.717, 1.165) is 30.4 Å². The first-order chi connectivity index (χ1) is 14.7. The summed E-state index contributed by atoms with van der Waals surface area (Å²) in [7, 11) is 0. The van der Waals surface area contributed by atoms with Gasteiger partial charge in [0.15, 0.2) is 0 Å². The standard InChI is InChI=1S/C26H26N2O2/c29-24(28-23-17-9-15-19-10-7-8-16-22(19)23)18-27-26(30)25(20-11-3-1-4-12-20)21-13-5-2-6-14-21/h1-8,10-14,16,23,25H,9,15,17-18H2,(H,27,30)(H,28,29)/t23-/m1/s1. The smallest absolute Gasteiger partial charge is 0.239 e. The second-order valence-corrected chi connectivity index (χ2v) is 7.68. The Morgan fingerprint density at radius 3 is 2.10 bits per heavy atom. The maximum absolute atomic E-state index is 13.0. The van der Waals surface area contributed by atoms with E-state index in [-0.39, 0.29) is 24.4 Å². The molecule has 0 saturated carbocycles. The molecule has 2 N–H and O–H groups in total. The van der Waals surface area contributed by atoms with Crippen molar-refractivity contribution in [1.82, 2.24) is 10.6 Å². The van der Waals surface area contributed by atoms with Crippen LogP contribution < -0.4 is 10.6 Å². The molecular formula is C26H26N2O2. The number of benzene rings is 3. The van der Waals surface area contributed by atoms with E-state index in [1.54, 1.807) is 0 Å². The van der Waals surface area contributed by atoms with E-state index in [9.17, 15) is 9.59 Å². The first-order valence-electron chi connectivity index (χ1n) is 10.5. The molecular weight excluding hydrogens is 372 g/mol. The fraction of sp³-hybridized carbons (Fsp3) is 0.231. The van der Waals surface area contributed by atoms with Gasteiger partial charge in [-0.1, -0.05) is 84.9 Å². The minimum absolute atomic E-state index is 0.0124. The van der Waals surface area contributed by atoms with Crippen molar-refractivity contribution in [1.29, 1.82) is 0 Å². The molecule has 3 aromatic rings. The lowest BCUT2D eigenvalue weighted by atomic mass is 9.88. The normalized spacial score (nSPS) is 15.3. The van der Waals surface area contributed by atoms with E-state index in [4.69, 9.17) is 0 Å². The van der Waals surface area contributed by atoms with Crippen LogP contribution in [0.1, 0.15) is 47.1 Å². The van der Waals surface area contributed by atoms with Crippen molar-refractivity contribution in [2.45, 2.75) is 31.2 Å². The van der Waals surface area contributed by atoms with Gasteiger partial charge in [0.1, 0.15) is 0 Å². The maximum atomic E-state index is 13.0. The molecule has 30 heavy (non-hydrogen) atoms. The van der Waals surface area contributed by atoms with Crippen molar-refractivity contribution in [3.05, 3.63) is 107 Å². The molecule has 0 spiro atoms. The van der Waals surface area contributed by atoms with Gasteiger partial charge >= 0.3 is 0 Å². The summed E-state index contributed by atoms with van der Waals surface area (Å²) in [5, 5.41) is 5.94. The number of carbonyl (C=O) groups is 2. The molecule has 0 fully saturated rings. The quantitative estimate of drug-likeness (QED) is 0.656. The van der Waals surface area contributed by atoms with Gasteiger partial charge in [-0.25, -0.2) is 0 Å². The maximum Gasteiger partial charge on any atom is 0.239 e. The highest BCUT2D eigenvalue weighted by Gasteiger charge is 2.24. The average molecular weight is 399 g/mol. The van der Waals surface area contributed by atoms with Gasteiger partial charge in [-0.15, -0.1) is 0 Å². The lowest BCUT2D eigenvalue weighted by Gasteiger charge is -2.26. The number of nitrogens with one attached hydrogen (secondary N) is 2. The zero-order valence-corrected chi connectivity index (χ0v) is 16.9. The summed E-state index contributed by atoms with van der Waals surface area (Å²) in [6.45, 7) is -0.0341. The molecule has 4 rings (SSSR count). The molecule has 2 amide bonds. The van der Waals surface area contributed by atoms with E-state index >= 15 is 0 Å². The minimum Gasteiger partial charge on any atom is -0.348 e. The highest BCUT2D eigenvalue weighted by atomic mass is 16.2. The summed E-state index contributed by atoms with van der Waals surface area (Å²) in [5.41, 5.74) is 4.30. The van der Waals surface area contributed by atoms with Crippen LogP contribution >= 0.6 is 0 Å². The summed E-state index contributed by atoms with van der Waals surface area (Å²) in [5.74, 6) is -0.785. The monoisotopic (exact) mass is 398 g/mol. The Morgan fingerprint density at radius 1 is 0.833 bits per heavy atom. The molecule has 0 unspecified atom stereocenters. The summed E-state index contributed by atoms with van der Waals surface area (Å²) in [4.78, 5) is 25.6. The Morgan fingerprint density at radius 2 is 1.43 bits per heavy atom. The molecule has 1 aliphatic carbocycles. The van der Waals surface area contributed by atoms with Crippen molar-refractivity contribution < 1.29 is 9.59 Å². The zero-order valence-electron chi connectivity index (χ0n) is 16.9. The second kappa shape index (κ2) is 9.40. The van der Waals surface area contributed by atoms with Gasteiger partial charge in [-0.05, 0) is 41.5 Å². The Kier molecular flexibility index (Phi) is 6.23. The SMILES string of the molecule is O=C(CNC(=O)C(c1ccccc1)c1ccccc1)N[C@@H]1CCCc2ccccc21. The summed E-state index contributed by atoms with van der Waals surface area (Å²) in [6.07, 6.45) is 3.03. The van der Waals surface area contributed by atoms with E-state index in [2.05, 4.69) is 22.8 Å². The Balaban J connectivity index is 1.42. The molecule has 0 aliphatic heterocycles. The van der Waals surface area contributed by atoms with Gasteiger partial charge < -0.3 is 10.6 Å². The van der Waals surface area contributed by atoms with Gasteiger partial charge in [-0.3, -0.25) is 9.59 Å². The third kappa shape index (κ3) is 4.60. The molecule has 4 nitrogen and oxygen atoms in total. The molecule has 152 valence electrons. The van der Waals surface area contributed by atoms with Crippen LogP contribution in [0.2, 0.25) is 0 Å². The van der Waals surface area contributed by atoms with Crippen LogP contribution in [0.5, 0.6) is 0 Å². The van der Waals surface area contributed by atoms with Gasteiger partial charge in [0, 0.05) is 0 Å². The molecule has 0 radical (unpaired) electrons. The van der Waals surface area contributed by atoms with Crippen molar-refractivity contribution in [3.8, 4) is 0 Å². The largest absolute Gasteiger partial charge is 0.348 e. The van der Waals surface area contributed by atoms with Crippen LogP contribution in [-0.4, -0.2) is 18.4 Å². The number of rotatable bonds is 6. The first kappa shape index (κ1) is 19.9. The highest BCUT2D eigenvalue weighted by Crippen LogP contribution is 2.29. The number of fused-ring (bicyclic) bond motifs is 1. The second-order valence-electron chi connectivity index (χ2n) is 7.68. The highest BCUT2D eigenvalue weighted by molar-refractivity contribution is 5.90. The number of aryl methyl sites for hydroxylation is 1. The summed E-state index contributed by atoms with van der Waals surface area (Å²) < 4.78 is 0. The van der Waals surface area contributed by atoms with Crippen LogP contribution in [0.3, 0.4) is 0 Å². The van der Waals surface area contributed by atoms with E-state index in [1.165, 1.54) is 11.1 Å². The molecule has 4 heteroatoms. The number of hydrogen-bond acceptors (Lipinski definition) is 2. The first-order valence-corrected chi connectivity index (χ1v) is 10.5. The number of hydrogen-bond donors (Lipinski definition) is 2. The van der Waals surface area contributed by atoms with Crippen LogP contribution in [0.4, 0.5) is 0 Å². The Labute approximate surface area is 177 Å². The van der Waals surface area contributed by atoms with Gasteiger partial charge in [0.2, 0.25) is 11.8 Å². The predicted octanol–water partition coefficient (Wildman–Crippen LogP) is 4.13. The molecule has 3 aromatic carbocycles. The van der Waals surface area contributed by atoms with Crippen LogP contribution in [-0.2, 0) is 16.0 Å². The average Bonchev–Trinajstić information content (AvgIpc) is 2.80. The lowest BCUT2D eigenvalue weighted by Crippen LogP contribution is -2.41. The van der Waals surface area contributed by atoms with Crippen molar-refractivity contribution >= 4 is 11.8 Å². The van der Waals surface area contributed by atoms with Crippen LogP contribution in [0, 0.1) is 0 Å². The van der Waals surface area contributed by atoms with E-state index in [0.29, 0.717) is 0 Å². The fourth-order valence-electron chi connectivity index (χ4n) is 4.20. The minimum atomic E-state index is -0.449. The lowest BCUT2D eigenvalue weighted by molar-refractivity contribution is -0.126. The number of carbonyl (C=O) groups excluding carboxylic acids is 2. The third-order valence-corrected chi connectivity index (χ3v) is 5.66. The molecule has 0 bridgehead atoms. The van der Waals surface area contributed by atoms with Gasteiger partial charge in [-0.2, -0.15) is 0 Å². The van der Waals surface area contributed by atoms with E-state index < -0.39 is 5.92 Å². The predicted molar refractivity (Wildman–Crippen MR) is 118 cm³/mol. The van der Waals surface area contributed by atoms with Crippen LogP contribution in [0.15, 0.2) is 84.9 Å². The van der Waals surface area contributed by atoms with E-state index in [1.807, 2.05) is 72.8 Å². The summed E-state index contributed by atoms with van der Waals surface area (Å²) >= 11 is 0. The van der Waals surface area contributed by atoms with Crippen molar-refractivity contribution in [3.63, 3.8) is 0 Å². The van der Waals surface area contributed by atoms with Crippen molar-refractivity contribution in [2.75, 3.05) is 6.54 Å². The molecule has 0 heterocycles. The Hall–Kier alpha value is -3.40. The van der Waals surface area contributed by atoms with Crippen molar-refractivity contribution in [2.24, 2.45) is 0 Å². The molecule has 0 aromatic heterocycles. The van der Waals surface area contributed by atoms with Crippen LogP contribution in [0.25, 0.3) is 0 Å². The molecule has 1 atom stereocenters. The molecule has 0 saturated heterocycles. The topological polar surface area (TPSA) is 58.2 Å². The zero-order chi connectivity index (χ0) is 20.8. The third-order valence-electron chi connectivity index (χ3n) is 5.66. The molecule has 1 aliphatic rings. The Bertz CT molecular complexity index is 962. The fourth-order valence-corrected chi connectivity index (χ4v) is 4.20. The number of amides is 2. The summed E-state index contributed by atoms with van der Waals surface area (Å²) in [6, 6.07) is 27.6. The van der Waals surface area contributed by atoms with Gasteiger partial charge in [0.05, 0.1) is 18.5 Å². The van der Waals surface area contributed by atoms with Gasteiger partial charge in [0.25, 0.3) is 0 Å².